The lowest BCUT2D eigenvalue weighted by Crippen LogP contribution is -1.86. The molecule has 68 valence electrons. The van der Waals surface area contributed by atoms with E-state index in [-0.39, 0.29) is 0 Å². The van der Waals surface area contributed by atoms with E-state index in [9.17, 15) is 0 Å². The summed E-state index contributed by atoms with van der Waals surface area (Å²) in [5, 5.41) is 0. The van der Waals surface area contributed by atoms with E-state index in [0.717, 1.165) is 0 Å². The first-order valence-electron chi connectivity index (χ1n) is 5.25. The molecule has 0 heterocycles. The first-order chi connectivity index (χ1) is 5.93. The molecule has 1 aliphatic carbocycles. The van der Waals surface area contributed by atoms with Crippen LogP contribution in [0.25, 0.3) is 0 Å². The third-order valence-electron chi connectivity index (χ3n) is 2.59. The average Bonchev–Trinajstić information content (AvgIpc) is 2.14. The van der Waals surface area contributed by atoms with Gasteiger partial charge in [0.15, 0.2) is 0 Å². The molecule has 0 amide bonds. The molecular formula is C12H20. The molecular weight excluding hydrogens is 144 g/mol. The van der Waals surface area contributed by atoms with Gasteiger partial charge in [0.1, 0.15) is 0 Å². The average molecular weight is 164 g/mol. The van der Waals surface area contributed by atoms with E-state index in [4.69, 9.17) is 0 Å². The highest BCUT2D eigenvalue weighted by atomic mass is 14.0. The van der Waals surface area contributed by atoms with Crippen LogP contribution in [-0.4, -0.2) is 0 Å². The molecule has 0 saturated heterocycles. The van der Waals surface area contributed by atoms with Gasteiger partial charge in [-0.25, -0.2) is 0 Å². The Bertz CT molecular complexity index is 153. The fraction of sp³-hybridized carbons (Fsp3) is 0.667. The van der Waals surface area contributed by atoms with Gasteiger partial charge in [-0.1, -0.05) is 50.0 Å². The highest BCUT2D eigenvalue weighted by Gasteiger charge is 1.97. The first kappa shape index (κ1) is 9.57. The maximum absolute atomic E-state index is 3.84. The van der Waals surface area contributed by atoms with Gasteiger partial charge in [-0.2, -0.15) is 0 Å². The number of allylic oxidation sites excluding steroid dienone is 3. The van der Waals surface area contributed by atoms with E-state index < -0.39 is 0 Å². The largest absolute Gasteiger partial charge is 0.0988 e. The molecule has 0 nitrogen and oxygen atoms in total. The summed E-state index contributed by atoms with van der Waals surface area (Å²) in [4.78, 5) is 0. The van der Waals surface area contributed by atoms with Crippen molar-refractivity contribution in [2.24, 2.45) is 0 Å². The minimum absolute atomic E-state index is 1.25. The normalized spacial score (nSPS) is 25.5. The van der Waals surface area contributed by atoms with E-state index in [1.54, 1.807) is 0 Å². The molecule has 12 heavy (non-hydrogen) atoms. The molecule has 0 fully saturated rings. The quantitative estimate of drug-likeness (QED) is 0.544. The van der Waals surface area contributed by atoms with Crippen molar-refractivity contribution in [3.8, 4) is 0 Å². The van der Waals surface area contributed by atoms with Crippen LogP contribution in [0.5, 0.6) is 0 Å². The molecule has 0 atom stereocenters. The monoisotopic (exact) mass is 164 g/mol. The summed E-state index contributed by atoms with van der Waals surface area (Å²) >= 11 is 0. The standard InChI is InChI=1S/C12H20/c1-2-12-10-8-6-4-3-5-7-9-11-12/h2,10H,1,3-9,11H2/b12-10-. The van der Waals surface area contributed by atoms with Gasteiger partial charge in [0, 0.05) is 0 Å². The van der Waals surface area contributed by atoms with Crippen LogP contribution in [0.3, 0.4) is 0 Å². The van der Waals surface area contributed by atoms with Crippen molar-refractivity contribution in [2.45, 2.75) is 51.4 Å². The lowest BCUT2D eigenvalue weighted by atomic mass is 10.0. The van der Waals surface area contributed by atoms with Crippen LogP contribution in [0.4, 0.5) is 0 Å². The molecule has 0 N–H and O–H groups in total. The van der Waals surface area contributed by atoms with E-state index in [2.05, 4.69) is 12.7 Å². The summed E-state index contributed by atoms with van der Waals surface area (Å²) < 4.78 is 0. The summed E-state index contributed by atoms with van der Waals surface area (Å²) in [6, 6.07) is 0. The van der Waals surface area contributed by atoms with Gasteiger partial charge >= 0.3 is 0 Å². The Hall–Kier alpha value is -0.520. The molecule has 0 bridgehead atoms. The third kappa shape index (κ3) is 3.75. The van der Waals surface area contributed by atoms with Crippen LogP contribution >= 0.6 is 0 Å². The van der Waals surface area contributed by atoms with Crippen LogP contribution in [-0.2, 0) is 0 Å². The fourth-order valence-electron chi connectivity index (χ4n) is 1.76. The molecule has 0 saturated carbocycles. The molecule has 1 aliphatic rings. The number of hydrogen-bond acceptors (Lipinski definition) is 0. The van der Waals surface area contributed by atoms with Gasteiger partial charge in [0.05, 0.1) is 0 Å². The molecule has 0 aromatic heterocycles. The first-order valence-corrected chi connectivity index (χ1v) is 5.25. The van der Waals surface area contributed by atoms with Gasteiger partial charge in [0.2, 0.25) is 0 Å². The molecule has 0 heteroatoms. The Morgan fingerprint density at radius 3 is 2.42 bits per heavy atom. The Morgan fingerprint density at radius 2 is 1.67 bits per heavy atom. The SMILES string of the molecule is C=C/C1=C/CCCCCCCC1. The Morgan fingerprint density at radius 1 is 1.00 bits per heavy atom. The number of hydrogen-bond donors (Lipinski definition) is 0. The van der Waals surface area contributed by atoms with Crippen LogP contribution in [0.2, 0.25) is 0 Å². The van der Waals surface area contributed by atoms with Crippen molar-refractivity contribution in [2.75, 3.05) is 0 Å². The zero-order valence-electron chi connectivity index (χ0n) is 8.02. The lowest BCUT2D eigenvalue weighted by molar-refractivity contribution is 0.588. The Kier molecular flexibility index (Phi) is 4.82. The smallest absolute Gasteiger partial charge is 0.0282 e. The van der Waals surface area contributed by atoms with Crippen LogP contribution in [0.15, 0.2) is 24.3 Å². The Labute approximate surface area is 76.4 Å². The van der Waals surface area contributed by atoms with Crippen molar-refractivity contribution >= 4 is 0 Å². The van der Waals surface area contributed by atoms with Gasteiger partial charge in [-0.15, -0.1) is 0 Å². The van der Waals surface area contributed by atoms with Gasteiger partial charge in [0.25, 0.3) is 0 Å². The van der Waals surface area contributed by atoms with Gasteiger partial charge < -0.3 is 0 Å². The van der Waals surface area contributed by atoms with E-state index in [1.165, 1.54) is 56.9 Å². The second-order valence-corrected chi connectivity index (χ2v) is 3.64. The molecule has 0 aromatic carbocycles. The molecule has 0 aliphatic heterocycles. The van der Waals surface area contributed by atoms with E-state index >= 15 is 0 Å². The lowest BCUT2D eigenvalue weighted by Gasteiger charge is -2.06. The predicted octanol–water partition coefficient (Wildman–Crippen LogP) is 4.23. The van der Waals surface area contributed by atoms with Crippen molar-refractivity contribution < 1.29 is 0 Å². The van der Waals surface area contributed by atoms with E-state index in [0.29, 0.717) is 0 Å². The van der Waals surface area contributed by atoms with Gasteiger partial charge in [-0.05, 0) is 25.7 Å². The maximum Gasteiger partial charge on any atom is -0.0282 e. The number of rotatable bonds is 1. The summed E-state index contributed by atoms with van der Waals surface area (Å²) in [7, 11) is 0. The van der Waals surface area contributed by atoms with Crippen molar-refractivity contribution in [1.82, 2.24) is 0 Å². The molecule has 0 aromatic rings. The van der Waals surface area contributed by atoms with Crippen molar-refractivity contribution in [3.05, 3.63) is 24.3 Å². The zero-order chi connectivity index (χ0) is 8.65. The highest BCUT2D eigenvalue weighted by Crippen LogP contribution is 2.16. The molecule has 0 spiro atoms. The maximum atomic E-state index is 3.84. The topological polar surface area (TPSA) is 0 Å². The Balaban J connectivity index is 2.37. The predicted molar refractivity (Wildman–Crippen MR) is 55.2 cm³/mol. The van der Waals surface area contributed by atoms with Crippen molar-refractivity contribution in [3.63, 3.8) is 0 Å². The molecule has 1 rings (SSSR count). The third-order valence-corrected chi connectivity index (χ3v) is 2.59. The summed E-state index contributed by atoms with van der Waals surface area (Å²) in [6.45, 7) is 3.84. The minimum Gasteiger partial charge on any atom is -0.0988 e. The molecule has 0 unspecified atom stereocenters. The summed E-state index contributed by atoms with van der Waals surface area (Å²) in [5.41, 5.74) is 1.47. The highest BCUT2D eigenvalue weighted by molar-refractivity contribution is 5.15. The van der Waals surface area contributed by atoms with E-state index in [1.807, 2.05) is 6.08 Å². The van der Waals surface area contributed by atoms with Crippen LogP contribution in [0, 0.1) is 0 Å². The summed E-state index contributed by atoms with van der Waals surface area (Å²) in [6.07, 6.45) is 15.4. The van der Waals surface area contributed by atoms with Crippen LogP contribution in [0.1, 0.15) is 51.4 Å². The fourth-order valence-corrected chi connectivity index (χ4v) is 1.76. The molecule has 0 radical (unpaired) electrons. The van der Waals surface area contributed by atoms with Crippen molar-refractivity contribution in [1.29, 1.82) is 0 Å². The van der Waals surface area contributed by atoms with Gasteiger partial charge in [-0.3, -0.25) is 0 Å². The second kappa shape index (κ2) is 6.05. The van der Waals surface area contributed by atoms with Crippen LogP contribution < -0.4 is 0 Å². The summed E-state index contributed by atoms with van der Waals surface area (Å²) in [5.74, 6) is 0. The zero-order valence-corrected chi connectivity index (χ0v) is 8.02. The second-order valence-electron chi connectivity index (χ2n) is 3.64. The minimum atomic E-state index is 1.25.